The number of carboxylic acid groups (broad SMARTS) is 1. The minimum absolute atomic E-state index is 0.116. The molecule has 29 heavy (non-hydrogen) atoms. The lowest BCUT2D eigenvalue weighted by Crippen LogP contribution is -2.25. The third-order valence-electron chi connectivity index (χ3n) is 4.69. The van der Waals surface area contributed by atoms with E-state index in [1.807, 2.05) is 61.5 Å². The van der Waals surface area contributed by atoms with Gasteiger partial charge in [0.25, 0.3) is 0 Å². The van der Waals surface area contributed by atoms with E-state index >= 15 is 0 Å². The third-order valence-corrected chi connectivity index (χ3v) is 4.69. The summed E-state index contributed by atoms with van der Waals surface area (Å²) in [6.07, 6.45) is 0.116. The van der Waals surface area contributed by atoms with Crippen molar-refractivity contribution in [3.63, 3.8) is 0 Å². The molecule has 3 aromatic carbocycles. The van der Waals surface area contributed by atoms with Gasteiger partial charge in [-0.15, -0.1) is 0 Å². The van der Waals surface area contributed by atoms with Gasteiger partial charge in [0, 0.05) is 19.6 Å². The van der Waals surface area contributed by atoms with Crippen LogP contribution in [-0.2, 0) is 17.9 Å². The number of hydrogen-bond donors (Lipinski definition) is 1. The van der Waals surface area contributed by atoms with Crippen LogP contribution in [0.3, 0.4) is 0 Å². The van der Waals surface area contributed by atoms with E-state index in [0.717, 1.165) is 17.1 Å². The second-order valence-corrected chi connectivity index (χ2v) is 7.41. The van der Waals surface area contributed by atoms with Crippen molar-refractivity contribution in [2.24, 2.45) is 0 Å². The number of aryl methyl sites for hydroxylation is 2. The number of carboxylic acids is 1. The van der Waals surface area contributed by atoms with E-state index in [2.05, 4.69) is 30.0 Å². The monoisotopic (exact) mass is 389 g/mol. The Morgan fingerprint density at radius 2 is 1.48 bits per heavy atom. The summed E-state index contributed by atoms with van der Waals surface area (Å²) in [7, 11) is 0. The molecular weight excluding hydrogens is 362 g/mol. The molecule has 0 amide bonds. The van der Waals surface area contributed by atoms with Crippen molar-refractivity contribution in [2.75, 3.05) is 6.54 Å². The van der Waals surface area contributed by atoms with Crippen LogP contribution in [0, 0.1) is 13.8 Å². The molecule has 0 aliphatic carbocycles. The Labute approximate surface area is 172 Å². The lowest BCUT2D eigenvalue weighted by Gasteiger charge is -2.22. The van der Waals surface area contributed by atoms with Gasteiger partial charge < -0.3 is 9.84 Å². The fourth-order valence-electron chi connectivity index (χ4n) is 3.24. The Morgan fingerprint density at radius 3 is 2.14 bits per heavy atom. The maximum absolute atomic E-state index is 11.1. The van der Waals surface area contributed by atoms with Crippen molar-refractivity contribution in [3.05, 3.63) is 95.1 Å². The summed E-state index contributed by atoms with van der Waals surface area (Å²) in [5.74, 6) is 0.797. The normalized spacial score (nSPS) is 10.9. The van der Waals surface area contributed by atoms with E-state index in [1.165, 1.54) is 16.7 Å². The second-order valence-electron chi connectivity index (χ2n) is 7.41. The molecule has 3 aromatic rings. The molecule has 0 aliphatic rings. The summed E-state index contributed by atoms with van der Waals surface area (Å²) in [5, 5.41) is 9.12. The second kappa shape index (κ2) is 9.89. The molecule has 3 rings (SSSR count). The first-order chi connectivity index (χ1) is 14.0. The van der Waals surface area contributed by atoms with E-state index in [9.17, 15) is 4.79 Å². The highest BCUT2D eigenvalue weighted by Gasteiger charge is 2.11. The number of benzene rings is 3. The Balaban J connectivity index is 1.72. The Morgan fingerprint density at radius 1 is 0.828 bits per heavy atom. The zero-order valence-electron chi connectivity index (χ0n) is 17.0. The number of ether oxygens (including phenoxy) is 1. The van der Waals surface area contributed by atoms with Gasteiger partial charge in [-0.05, 0) is 49.2 Å². The quantitative estimate of drug-likeness (QED) is 0.520. The first kappa shape index (κ1) is 20.6. The molecule has 0 heterocycles. The maximum atomic E-state index is 11.1. The van der Waals surface area contributed by atoms with E-state index < -0.39 is 5.97 Å². The molecule has 1 N–H and O–H groups in total. The van der Waals surface area contributed by atoms with E-state index in [-0.39, 0.29) is 6.42 Å². The fraction of sp³-hybridized carbons (Fsp3) is 0.240. The molecule has 150 valence electrons. The molecule has 0 aliphatic heterocycles. The number of nitrogens with zero attached hydrogens (tertiary/aromatic N) is 1. The molecule has 0 aromatic heterocycles. The third kappa shape index (κ3) is 6.77. The first-order valence-electron chi connectivity index (χ1n) is 9.81. The molecule has 0 spiro atoms. The Bertz CT molecular complexity index is 950. The maximum Gasteiger partial charge on any atom is 0.304 e. The highest BCUT2D eigenvalue weighted by atomic mass is 16.5. The lowest BCUT2D eigenvalue weighted by atomic mass is 10.1. The van der Waals surface area contributed by atoms with Gasteiger partial charge in [-0.2, -0.15) is 0 Å². The van der Waals surface area contributed by atoms with Crippen LogP contribution in [-0.4, -0.2) is 22.5 Å². The van der Waals surface area contributed by atoms with Crippen molar-refractivity contribution in [3.8, 4) is 11.5 Å². The standard InChI is InChI=1S/C25H27NO3/c1-19-9-11-23(12-10-19)29-24-8-4-7-22(16-24)18-26(14-13-25(27)28)17-21-6-3-5-20(2)15-21/h3-12,15-16H,13-14,17-18H2,1-2H3,(H,27,28). The molecule has 0 fully saturated rings. The zero-order valence-corrected chi connectivity index (χ0v) is 17.0. The number of hydrogen-bond acceptors (Lipinski definition) is 3. The minimum Gasteiger partial charge on any atom is -0.481 e. The van der Waals surface area contributed by atoms with Crippen LogP contribution in [0.15, 0.2) is 72.8 Å². The minimum atomic E-state index is -0.782. The van der Waals surface area contributed by atoms with Crippen LogP contribution in [0.2, 0.25) is 0 Å². The summed E-state index contributed by atoms with van der Waals surface area (Å²) < 4.78 is 5.98. The van der Waals surface area contributed by atoms with Crippen molar-refractivity contribution < 1.29 is 14.6 Å². The molecule has 0 bridgehead atoms. The van der Waals surface area contributed by atoms with Gasteiger partial charge in [0.15, 0.2) is 0 Å². The fourth-order valence-corrected chi connectivity index (χ4v) is 3.24. The summed E-state index contributed by atoms with van der Waals surface area (Å²) in [4.78, 5) is 13.3. The van der Waals surface area contributed by atoms with Crippen LogP contribution in [0.25, 0.3) is 0 Å². The number of aliphatic carboxylic acids is 1. The summed E-state index contributed by atoms with van der Waals surface area (Å²) in [6.45, 7) is 5.97. The first-order valence-corrected chi connectivity index (χ1v) is 9.81. The predicted octanol–water partition coefficient (Wildman–Crippen LogP) is 5.57. The van der Waals surface area contributed by atoms with Crippen LogP contribution in [0.4, 0.5) is 0 Å². The molecule has 4 heteroatoms. The lowest BCUT2D eigenvalue weighted by molar-refractivity contribution is -0.137. The van der Waals surface area contributed by atoms with Gasteiger partial charge in [0.2, 0.25) is 0 Å². The zero-order chi connectivity index (χ0) is 20.6. The molecule has 0 atom stereocenters. The van der Waals surface area contributed by atoms with Crippen molar-refractivity contribution in [2.45, 2.75) is 33.4 Å². The molecule has 0 unspecified atom stereocenters. The van der Waals surface area contributed by atoms with E-state index in [0.29, 0.717) is 19.6 Å². The van der Waals surface area contributed by atoms with Gasteiger partial charge in [-0.1, -0.05) is 59.7 Å². The SMILES string of the molecule is Cc1ccc(Oc2cccc(CN(CCC(=O)O)Cc3cccc(C)c3)c2)cc1. The van der Waals surface area contributed by atoms with Gasteiger partial charge in [-0.25, -0.2) is 0 Å². The van der Waals surface area contributed by atoms with E-state index in [1.54, 1.807) is 0 Å². The molecule has 0 saturated heterocycles. The molecular formula is C25H27NO3. The highest BCUT2D eigenvalue weighted by Crippen LogP contribution is 2.23. The largest absolute Gasteiger partial charge is 0.481 e. The van der Waals surface area contributed by atoms with Gasteiger partial charge >= 0.3 is 5.97 Å². The van der Waals surface area contributed by atoms with Gasteiger partial charge in [0.1, 0.15) is 11.5 Å². The topological polar surface area (TPSA) is 49.8 Å². The van der Waals surface area contributed by atoms with Crippen LogP contribution in [0.1, 0.15) is 28.7 Å². The van der Waals surface area contributed by atoms with Crippen molar-refractivity contribution >= 4 is 5.97 Å². The van der Waals surface area contributed by atoms with Crippen molar-refractivity contribution in [1.29, 1.82) is 0 Å². The van der Waals surface area contributed by atoms with Crippen LogP contribution >= 0.6 is 0 Å². The highest BCUT2D eigenvalue weighted by molar-refractivity contribution is 5.66. The van der Waals surface area contributed by atoms with Crippen LogP contribution in [0.5, 0.6) is 11.5 Å². The van der Waals surface area contributed by atoms with Crippen molar-refractivity contribution in [1.82, 2.24) is 4.90 Å². The summed E-state index contributed by atoms with van der Waals surface area (Å²) >= 11 is 0. The predicted molar refractivity (Wildman–Crippen MR) is 115 cm³/mol. The average molecular weight is 389 g/mol. The molecule has 0 radical (unpaired) electrons. The summed E-state index contributed by atoms with van der Waals surface area (Å²) in [5.41, 5.74) is 4.67. The molecule has 0 saturated carbocycles. The number of rotatable bonds is 9. The smallest absolute Gasteiger partial charge is 0.304 e. The Kier molecular flexibility index (Phi) is 7.04. The summed E-state index contributed by atoms with van der Waals surface area (Å²) in [6, 6.07) is 24.3. The number of carbonyl (C=O) groups is 1. The molecule has 4 nitrogen and oxygen atoms in total. The van der Waals surface area contributed by atoms with E-state index in [4.69, 9.17) is 9.84 Å². The average Bonchev–Trinajstić information content (AvgIpc) is 2.68. The van der Waals surface area contributed by atoms with Gasteiger partial charge in [-0.3, -0.25) is 9.69 Å². The Hall–Kier alpha value is -3.11. The van der Waals surface area contributed by atoms with Crippen LogP contribution < -0.4 is 4.74 Å². The van der Waals surface area contributed by atoms with Gasteiger partial charge in [0.05, 0.1) is 6.42 Å².